The lowest BCUT2D eigenvalue weighted by Gasteiger charge is -2.16. The fraction of sp³-hybridized carbons (Fsp3) is 0.231. The monoisotopic (exact) mass is 294 g/mol. The van der Waals surface area contributed by atoms with E-state index in [-0.39, 0.29) is 16.5 Å². The number of hydrogen-bond donors (Lipinski definition) is 1. The van der Waals surface area contributed by atoms with Crippen molar-refractivity contribution in [2.75, 3.05) is 0 Å². The van der Waals surface area contributed by atoms with Gasteiger partial charge in [0, 0.05) is 6.07 Å². The van der Waals surface area contributed by atoms with Gasteiger partial charge < -0.3 is 4.74 Å². The highest BCUT2D eigenvalue weighted by Crippen LogP contribution is 2.16. The molecule has 6 heteroatoms. The van der Waals surface area contributed by atoms with E-state index in [1.807, 2.05) is 24.3 Å². The molecule has 100 valence electrons. The van der Waals surface area contributed by atoms with Gasteiger partial charge >= 0.3 is 0 Å². The van der Waals surface area contributed by atoms with E-state index in [4.69, 9.17) is 16.3 Å². The average Bonchev–Trinajstić information content (AvgIpc) is 2.32. The maximum atomic E-state index is 11.6. The van der Waals surface area contributed by atoms with Crippen LogP contribution >= 0.6 is 11.6 Å². The third-order valence-electron chi connectivity index (χ3n) is 2.67. The predicted octanol–water partition coefficient (Wildman–Crippen LogP) is 2.76. The van der Waals surface area contributed by atoms with Crippen LogP contribution in [0.15, 0.2) is 35.1 Å². The Morgan fingerprint density at radius 2 is 1.84 bits per heavy atom. The van der Waals surface area contributed by atoms with Gasteiger partial charge in [-0.3, -0.25) is 9.89 Å². The van der Waals surface area contributed by atoms with Crippen molar-refractivity contribution in [3.63, 3.8) is 0 Å². The molecule has 0 aliphatic rings. The zero-order valence-electron chi connectivity index (χ0n) is 11.0. The smallest absolute Gasteiger partial charge is 0.285 e. The molecule has 2 rings (SSSR count). The average molecular weight is 295 g/mol. The van der Waals surface area contributed by atoms with Crippen molar-refractivity contribution in [1.82, 2.24) is 10.2 Å². The summed E-state index contributed by atoms with van der Waals surface area (Å²) < 4.78 is 5.43. The number of H-pyrrole nitrogens is 1. The number of hydrogen-bond acceptors (Lipinski definition) is 3. The molecule has 1 N–H and O–H groups in total. The van der Waals surface area contributed by atoms with Crippen LogP contribution in [0.5, 0.6) is 11.6 Å². The van der Waals surface area contributed by atoms with Crippen LogP contribution < -0.4 is 15.4 Å². The molecule has 1 aromatic carbocycles. The van der Waals surface area contributed by atoms with Gasteiger partial charge in [0.05, 0.1) is 8.07 Å². The summed E-state index contributed by atoms with van der Waals surface area (Å²) >= 11 is 5.62. The third kappa shape index (κ3) is 3.45. The van der Waals surface area contributed by atoms with E-state index < -0.39 is 8.07 Å². The lowest BCUT2D eigenvalue weighted by molar-refractivity contribution is 0.450. The van der Waals surface area contributed by atoms with Crippen molar-refractivity contribution < 1.29 is 4.74 Å². The minimum absolute atomic E-state index is 0.00912. The highest BCUT2D eigenvalue weighted by Gasteiger charge is 2.16. The number of aromatic nitrogens is 2. The number of aromatic amines is 1. The Morgan fingerprint density at radius 1 is 1.21 bits per heavy atom. The molecular weight excluding hydrogens is 280 g/mol. The Labute approximate surface area is 117 Å². The van der Waals surface area contributed by atoms with Crippen LogP contribution in [0.3, 0.4) is 0 Å². The molecule has 0 fully saturated rings. The van der Waals surface area contributed by atoms with Crippen LogP contribution in [0, 0.1) is 0 Å². The third-order valence-corrected chi connectivity index (χ3v) is 4.93. The molecule has 0 aliphatic heterocycles. The van der Waals surface area contributed by atoms with E-state index in [1.54, 1.807) is 0 Å². The largest absolute Gasteiger partial charge is 0.435 e. The second kappa shape index (κ2) is 5.18. The first-order valence-corrected chi connectivity index (χ1v) is 9.78. The van der Waals surface area contributed by atoms with Gasteiger partial charge in [0.1, 0.15) is 10.9 Å². The van der Waals surface area contributed by atoms with Crippen molar-refractivity contribution in [3.8, 4) is 11.6 Å². The van der Waals surface area contributed by atoms with Crippen molar-refractivity contribution in [1.29, 1.82) is 0 Å². The number of rotatable bonds is 3. The molecule has 0 radical (unpaired) electrons. The second-order valence-electron chi connectivity index (χ2n) is 5.26. The summed E-state index contributed by atoms with van der Waals surface area (Å²) in [6.07, 6.45) is 0. The summed E-state index contributed by atoms with van der Waals surface area (Å²) in [7, 11) is -1.32. The maximum Gasteiger partial charge on any atom is 0.285 e. The lowest BCUT2D eigenvalue weighted by Crippen LogP contribution is -2.37. The van der Waals surface area contributed by atoms with E-state index in [1.165, 1.54) is 11.3 Å². The number of benzene rings is 1. The van der Waals surface area contributed by atoms with Crippen LogP contribution in [0.4, 0.5) is 0 Å². The Morgan fingerprint density at radius 3 is 2.37 bits per heavy atom. The van der Waals surface area contributed by atoms with Gasteiger partial charge in [-0.25, -0.2) is 0 Å². The molecular formula is C13H15ClN2O2Si. The molecule has 0 spiro atoms. The van der Waals surface area contributed by atoms with Gasteiger partial charge in [-0.05, 0) is 12.1 Å². The predicted molar refractivity (Wildman–Crippen MR) is 79.4 cm³/mol. The van der Waals surface area contributed by atoms with E-state index in [0.717, 1.165) is 0 Å². The van der Waals surface area contributed by atoms with Crippen molar-refractivity contribution in [3.05, 3.63) is 45.7 Å². The van der Waals surface area contributed by atoms with Crippen LogP contribution in [0.25, 0.3) is 0 Å². The normalized spacial score (nSPS) is 11.4. The van der Waals surface area contributed by atoms with E-state index in [2.05, 4.69) is 29.8 Å². The SMILES string of the molecule is C[Si](C)(C)c1ccc(Oc2n[nH]c(Cl)cc2=O)cc1. The molecule has 19 heavy (non-hydrogen) atoms. The first-order valence-electron chi connectivity index (χ1n) is 5.90. The summed E-state index contributed by atoms with van der Waals surface area (Å²) in [6.45, 7) is 6.82. The summed E-state index contributed by atoms with van der Waals surface area (Å²) in [6, 6.07) is 9.00. The minimum atomic E-state index is -1.32. The van der Waals surface area contributed by atoms with E-state index in [9.17, 15) is 4.79 Å². The van der Waals surface area contributed by atoms with Crippen LogP contribution in [-0.4, -0.2) is 18.3 Å². The quantitative estimate of drug-likeness (QED) is 0.886. The molecule has 0 amide bonds. The molecule has 0 saturated heterocycles. The number of nitrogens with one attached hydrogen (secondary N) is 1. The zero-order valence-corrected chi connectivity index (χ0v) is 12.8. The Hall–Kier alpha value is -1.59. The van der Waals surface area contributed by atoms with Crippen LogP contribution in [-0.2, 0) is 0 Å². The van der Waals surface area contributed by atoms with Crippen molar-refractivity contribution in [2.45, 2.75) is 19.6 Å². The second-order valence-corrected chi connectivity index (χ2v) is 10.7. The molecule has 1 aromatic heterocycles. The lowest BCUT2D eigenvalue weighted by atomic mass is 10.3. The molecule has 4 nitrogen and oxygen atoms in total. The van der Waals surface area contributed by atoms with Crippen LogP contribution in [0.1, 0.15) is 0 Å². The first-order chi connectivity index (χ1) is 8.86. The molecule has 1 heterocycles. The number of halogens is 1. The van der Waals surface area contributed by atoms with Gasteiger partial charge in [-0.2, -0.15) is 0 Å². The minimum Gasteiger partial charge on any atom is -0.435 e. The highest BCUT2D eigenvalue weighted by molar-refractivity contribution is 6.88. The summed E-state index contributed by atoms with van der Waals surface area (Å²) in [5, 5.41) is 7.77. The molecule has 0 atom stereocenters. The zero-order chi connectivity index (χ0) is 14.0. The van der Waals surface area contributed by atoms with Gasteiger partial charge in [-0.1, -0.05) is 48.6 Å². The van der Waals surface area contributed by atoms with Gasteiger partial charge in [-0.15, -0.1) is 5.10 Å². The maximum absolute atomic E-state index is 11.6. The topological polar surface area (TPSA) is 55.0 Å². The fourth-order valence-corrected chi connectivity index (χ4v) is 2.88. The van der Waals surface area contributed by atoms with Gasteiger partial charge in [0.15, 0.2) is 0 Å². The first kappa shape index (κ1) is 13.8. The molecule has 0 aliphatic carbocycles. The molecule has 2 aromatic rings. The Balaban J connectivity index is 2.22. The molecule has 0 bridgehead atoms. The van der Waals surface area contributed by atoms with Crippen molar-refractivity contribution in [2.24, 2.45) is 0 Å². The fourth-order valence-electron chi connectivity index (χ4n) is 1.58. The van der Waals surface area contributed by atoms with Crippen LogP contribution in [0.2, 0.25) is 24.8 Å². The van der Waals surface area contributed by atoms with Gasteiger partial charge in [0.2, 0.25) is 5.43 Å². The summed E-state index contributed by atoms with van der Waals surface area (Å²) in [4.78, 5) is 11.6. The molecule has 0 unspecified atom stereocenters. The van der Waals surface area contributed by atoms with Gasteiger partial charge in [0.25, 0.3) is 5.88 Å². The summed E-state index contributed by atoms with van der Waals surface area (Å²) in [5.74, 6) is 0.576. The van der Waals surface area contributed by atoms with E-state index in [0.29, 0.717) is 5.75 Å². The standard InChI is InChI=1S/C13H15ClN2O2Si/c1-19(2,3)10-6-4-9(5-7-10)18-13-11(17)8-12(14)15-16-13/h4-8H,1-3H3,(H,15,17). The Kier molecular flexibility index (Phi) is 3.77. The van der Waals surface area contributed by atoms with Crippen molar-refractivity contribution >= 4 is 24.9 Å². The number of nitrogens with zero attached hydrogens (tertiary/aromatic N) is 1. The summed E-state index contributed by atoms with van der Waals surface area (Å²) in [5.41, 5.74) is -0.349. The van der Waals surface area contributed by atoms with E-state index >= 15 is 0 Å². The Bertz CT molecular complexity index is 632. The number of ether oxygens (including phenoxy) is 1. The highest BCUT2D eigenvalue weighted by atomic mass is 35.5. The molecule has 0 saturated carbocycles.